The molecule has 0 amide bonds. The van der Waals surface area contributed by atoms with Gasteiger partial charge in [-0.25, -0.2) is 0 Å². The number of rotatable bonds is 4. The van der Waals surface area contributed by atoms with Gasteiger partial charge in [0.15, 0.2) is 0 Å². The van der Waals surface area contributed by atoms with E-state index in [9.17, 15) is 0 Å². The van der Waals surface area contributed by atoms with Crippen molar-refractivity contribution in [2.45, 2.75) is 13.8 Å². The number of aryl methyl sites for hydroxylation is 1. The monoisotopic (exact) mass is 585 g/mol. The molecule has 0 aliphatic heterocycles. The standard InChI is InChI=1S/C45H31N/c1-28-43(46-29(2)30-9-4-3-5-10-30)26-23-34-21-19-33-20-22-35(27-42(33)44(28)34)31-15-17-32(18-16-31)36-24-25-41-38-12-7-6-11-37(38)40-14-8-13-39(36)45(40)41/h3-27H,1-2H3. The summed E-state index contributed by atoms with van der Waals surface area (Å²) < 4.78 is 0. The molecule has 1 aliphatic carbocycles. The highest BCUT2D eigenvalue weighted by molar-refractivity contribution is 6.18. The zero-order valence-corrected chi connectivity index (χ0v) is 25.9. The highest BCUT2D eigenvalue weighted by Gasteiger charge is 2.22. The number of nitrogens with zero attached hydrogens (tertiary/aromatic N) is 1. The van der Waals surface area contributed by atoms with Crippen LogP contribution in [0.1, 0.15) is 18.1 Å². The summed E-state index contributed by atoms with van der Waals surface area (Å²) in [7, 11) is 0. The second-order valence-electron chi connectivity index (χ2n) is 12.4. The van der Waals surface area contributed by atoms with Crippen molar-refractivity contribution in [3.63, 3.8) is 0 Å². The largest absolute Gasteiger partial charge is 0.253 e. The van der Waals surface area contributed by atoms with E-state index in [1.54, 1.807) is 0 Å². The van der Waals surface area contributed by atoms with Crippen LogP contribution in [0.3, 0.4) is 0 Å². The van der Waals surface area contributed by atoms with E-state index in [0.717, 1.165) is 17.0 Å². The average Bonchev–Trinajstić information content (AvgIpc) is 3.44. The molecule has 0 bridgehead atoms. The molecule has 0 saturated heterocycles. The lowest BCUT2D eigenvalue weighted by atomic mass is 9.92. The van der Waals surface area contributed by atoms with Crippen LogP contribution in [0, 0.1) is 6.92 Å². The van der Waals surface area contributed by atoms with E-state index in [1.165, 1.54) is 82.4 Å². The van der Waals surface area contributed by atoms with Crippen LogP contribution < -0.4 is 0 Å². The fraction of sp³-hybridized carbons (Fsp3) is 0.0444. The molecule has 0 unspecified atom stereocenters. The van der Waals surface area contributed by atoms with Crippen LogP contribution >= 0.6 is 0 Å². The Balaban J connectivity index is 1.12. The topological polar surface area (TPSA) is 12.4 Å². The molecule has 0 heterocycles. The first-order valence-electron chi connectivity index (χ1n) is 16.0. The van der Waals surface area contributed by atoms with E-state index in [-0.39, 0.29) is 0 Å². The number of aliphatic imine (C=N–C) groups is 1. The highest BCUT2D eigenvalue weighted by atomic mass is 14.7. The van der Waals surface area contributed by atoms with Crippen molar-refractivity contribution in [2.24, 2.45) is 4.99 Å². The van der Waals surface area contributed by atoms with Crippen LogP contribution in [0.4, 0.5) is 5.69 Å². The molecule has 1 heteroatoms. The maximum absolute atomic E-state index is 5.07. The SMILES string of the molecule is CC(=Nc1ccc2ccc3ccc(-c4ccc(-c5ccc6c7c(cccc57)-c5ccccc5-6)cc4)cc3c2c1C)c1ccccc1. The van der Waals surface area contributed by atoms with Gasteiger partial charge in [0.05, 0.1) is 5.69 Å². The predicted octanol–water partition coefficient (Wildman–Crippen LogP) is 12.6. The van der Waals surface area contributed by atoms with Gasteiger partial charge in [0.2, 0.25) is 0 Å². The Kier molecular flexibility index (Phi) is 6.01. The second-order valence-corrected chi connectivity index (χ2v) is 12.4. The number of benzene rings is 8. The Labute approximate surface area is 269 Å². The summed E-state index contributed by atoms with van der Waals surface area (Å²) in [6.45, 7) is 4.30. The highest BCUT2D eigenvalue weighted by Crippen LogP contribution is 2.49. The van der Waals surface area contributed by atoms with Crippen molar-refractivity contribution in [3.05, 3.63) is 163 Å². The van der Waals surface area contributed by atoms with Crippen LogP contribution in [-0.2, 0) is 0 Å². The molecular weight excluding hydrogens is 555 g/mol. The molecular formula is C45H31N. The van der Waals surface area contributed by atoms with Gasteiger partial charge in [0, 0.05) is 5.71 Å². The van der Waals surface area contributed by atoms with Gasteiger partial charge in [-0.2, -0.15) is 0 Å². The molecule has 8 aromatic carbocycles. The summed E-state index contributed by atoms with van der Waals surface area (Å²) in [4.78, 5) is 5.07. The zero-order valence-electron chi connectivity index (χ0n) is 25.9. The Morgan fingerprint density at radius 3 is 1.85 bits per heavy atom. The van der Waals surface area contributed by atoms with Gasteiger partial charge in [-0.05, 0) is 114 Å². The third kappa shape index (κ3) is 4.13. The molecule has 9 rings (SSSR count). The molecule has 1 nitrogen and oxygen atoms in total. The molecule has 0 radical (unpaired) electrons. The Hall–Kier alpha value is -5.79. The van der Waals surface area contributed by atoms with Crippen molar-refractivity contribution < 1.29 is 0 Å². The lowest BCUT2D eigenvalue weighted by Crippen LogP contribution is -1.93. The van der Waals surface area contributed by atoms with Crippen LogP contribution in [0.5, 0.6) is 0 Å². The summed E-state index contributed by atoms with van der Waals surface area (Å²) >= 11 is 0. The van der Waals surface area contributed by atoms with E-state index in [2.05, 4.69) is 159 Å². The maximum Gasteiger partial charge on any atom is 0.0668 e. The molecule has 8 aromatic rings. The van der Waals surface area contributed by atoms with Gasteiger partial charge in [-0.3, -0.25) is 4.99 Å². The zero-order chi connectivity index (χ0) is 30.8. The molecule has 1 aliphatic rings. The smallest absolute Gasteiger partial charge is 0.0668 e. The summed E-state index contributed by atoms with van der Waals surface area (Å²) in [6.07, 6.45) is 0. The molecule has 0 aromatic heterocycles. The van der Waals surface area contributed by atoms with Gasteiger partial charge in [0.25, 0.3) is 0 Å². The first-order valence-corrected chi connectivity index (χ1v) is 16.0. The van der Waals surface area contributed by atoms with Crippen molar-refractivity contribution in [1.82, 2.24) is 0 Å². The van der Waals surface area contributed by atoms with Gasteiger partial charge in [-0.1, -0.05) is 140 Å². The molecule has 0 saturated carbocycles. The Bertz CT molecular complexity index is 2490. The maximum atomic E-state index is 5.07. The minimum absolute atomic E-state index is 1.02. The number of hydrogen-bond acceptors (Lipinski definition) is 1. The summed E-state index contributed by atoms with van der Waals surface area (Å²) in [6, 6.07) is 55.3. The molecule has 216 valence electrons. The van der Waals surface area contributed by atoms with Crippen LogP contribution in [0.15, 0.2) is 157 Å². The summed E-state index contributed by atoms with van der Waals surface area (Å²) in [5.41, 5.74) is 14.7. The van der Waals surface area contributed by atoms with E-state index in [1.807, 2.05) is 6.07 Å². The average molecular weight is 586 g/mol. The van der Waals surface area contributed by atoms with Gasteiger partial charge < -0.3 is 0 Å². The van der Waals surface area contributed by atoms with E-state index < -0.39 is 0 Å². The minimum Gasteiger partial charge on any atom is -0.253 e. The minimum atomic E-state index is 1.02. The first kappa shape index (κ1) is 26.6. The van der Waals surface area contributed by atoms with Crippen molar-refractivity contribution >= 4 is 43.7 Å². The van der Waals surface area contributed by atoms with Crippen molar-refractivity contribution in [3.8, 4) is 44.5 Å². The van der Waals surface area contributed by atoms with Crippen LogP contribution in [0.2, 0.25) is 0 Å². The van der Waals surface area contributed by atoms with Gasteiger partial charge >= 0.3 is 0 Å². The van der Waals surface area contributed by atoms with Crippen LogP contribution in [0.25, 0.3) is 76.8 Å². The molecule has 0 N–H and O–H groups in total. The molecule has 0 spiro atoms. The third-order valence-electron chi connectivity index (χ3n) is 9.79. The van der Waals surface area contributed by atoms with E-state index >= 15 is 0 Å². The lowest BCUT2D eigenvalue weighted by Gasteiger charge is -2.13. The quantitative estimate of drug-likeness (QED) is 0.144. The summed E-state index contributed by atoms with van der Waals surface area (Å²) in [5, 5.41) is 7.69. The Morgan fingerprint density at radius 2 is 1.04 bits per heavy atom. The summed E-state index contributed by atoms with van der Waals surface area (Å²) in [5.74, 6) is 0. The second kappa shape index (κ2) is 10.4. The number of fused-ring (bicyclic) bond motifs is 6. The normalized spacial score (nSPS) is 12.3. The fourth-order valence-electron chi connectivity index (χ4n) is 7.44. The Morgan fingerprint density at radius 1 is 0.435 bits per heavy atom. The fourth-order valence-corrected chi connectivity index (χ4v) is 7.44. The van der Waals surface area contributed by atoms with Gasteiger partial charge in [-0.15, -0.1) is 0 Å². The lowest BCUT2D eigenvalue weighted by molar-refractivity contribution is 1.42. The van der Waals surface area contributed by atoms with Crippen molar-refractivity contribution in [2.75, 3.05) is 0 Å². The molecule has 0 atom stereocenters. The molecule has 46 heavy (non-hydrogen) atoms. The predicted molar refractivity (Wildman–Crippen MR) is 197 cm³/mol. The van der Waals surface area contributed by atoms with E-state index in [4.69, 9.17) is 4.99 Å². The van der Waals surface area contributed by atoms with Crippen LogP contribution in [-0.4, -0.2) is 5.71 Å². The van der Waals surface area contributed by atoms with Crippen molar-refractivity contribution in [1.29, 1.82) is 0 Å². The first-order chi connectivity index (χ1) is 22.6. The number of hydrogen-bond donors (Lipinski definition) is 0. The molecule has 0 fully saturated rings. The van der Waals surface area contributed by atoms with E-state index in [0.29, 0.717) is 0 Å². The van der Waals surface area contributed by atoms with Gasteiger partial charge in [0.1, 0.15) is 0 Å². The third-order valence-corrected chi connectivity index (χ3v) is 9.79.